The van der Waals surface area contributed by atoms with E-state index in [1.165, 1.54) is 11.8 Å². The maximum absolute atomic E-state index is 13.9. The number of aliphatic hydroxyl groups is 1. The van der Waals surface area contributed by atoms with Gasteiger partial charge in [-0.3, -0.25) is 33.6 Å². The van der Waals surface area contributed by atoms with Crippen LogP contribution in [0.1, 0.15) is 271 Å². The lowest BCUT2D eigenvalue weighted by molar-refractivity contribution is -0.146. The second kappa shape index (κ2) is 50.8. The summed E-state index contributed by atoms with van der Waals surface area (Å²) < 4.78 is 95.5. The first-order valence-corrected chi connectivity index (χ1v) is 43.4. The molecule has 22 unspecified atom stereocenters. The zero-order valence-corrected chi connectivity index (χ0v) is 75.8. The molecule has 10 aliphatic rings. The molecule has 10 saturated heterocycles. The van der Waals surface area contributed by atoms with Gasteiger partial charge in [-0.05, 0) is 123 Å². The van der Waals surface area contributed by atoms with E-state index in [1.54, 1.807) is 6.92 Å². The topological polar surface area (TPSA) is 330 Å². The van der Waals surface area contributed by atoms with Crippen LogP contribution in [0.2, 0.25) is 0 Å². The second-order valence-corrected chi connectivity index (χ2v) is 36.0. The van der Waals surface area contributed by atoms with Crippen molar-refractivity contribution in [3.8, 4) is 0 Å². The SMILES string of the molecule is CC(C)C1CCC(=O)N1.CC(C)C1CNC(=O)N1.CCC1C(C(C)C)NC(=O)C1(C)F.CCC1C(C(C)C)NC(=O)C1(F)F.CCC1C(F)C(=O)N(CO)C1C(C)C.CCC1C(F)C(=O)NC1C(C)C.CCC1C(F)C(=O)OC1C(C)C.CCC1CC(=O)NC1C(C)C.CCC1OC(=O)NC1C(C)C.CCC1OCC(=O)NC1C(C)C. The molecule has 10 rings (SSSR count). The molecule has 0 aliphatic carbocycles. The van der Waals surface area contributed by atoms with Gasteiger partial charge in [-0.15, -0.1) is 0 Å². The number of alkyl halides is 6. The van der Waals surface area contributed by atoms with E-state index in [0.717, 1.165) is 51.5 Å². The number of nitrogens with one attached hydrogen (secondary N) is 9. The number of rotatable bonds is 19. The summed E-state index contributed by atoms with van der Waals surface area (Å²) in [7, 11) is 0. The number of likely N-dealkylation sites (tertiary alicyclic amines) is 1. The lowest BCUT2D eigenvalue weighted by Gasteiger charge is -2.34. The molecule has 116 heavy (non-hydrogen) atoms. The molecule has 10 fully saturated rings. The van der Waals surface area contributed by atoms with E-state index in [9.17, 15) is 74.3 Å². The van der Waals surface area contributed by atoms with E-state index >= 15 is 0 Å². The molecule has 0 saturated carbocycles. The summed E-state index contributed by atoms with van der Waals surface area (Å²) in [6, 6.07) is 1.03. The van der Waals surface area contributed by atoms with E-state index in [4.69, 9.17) is 19.3 Å². The number of hydrogen-bond acceptors (Lipinski definition) is 14. The molecule has 676 valence electrons. The molecule has 30 heteroatoms. The van der Waals surface area contributed by atoms with Gasteiger partial charge >= 0.3 is 24.0 Å². The van der Waals surface area contributed by atoms with Gasteiger partial charge in [0.15, 0.2) is 18.0 Å². The Labute approximate surface area is 691 Å². The summed E-state index contributed by atoms with van der Waals surface area (Å²) in [6.07, 6.45) is 4.15. The van der Waals surface area contributed by atoms with Crippen LogP contribution in [0.25, 0.3) is 0 Å². The van der Waals surface area contributed by atoms with Crippen molar-refractivity contribution in [1.82, 2.24) is 52.8 Å². The van der Waals surface area contributed by atoms with Crippen molar-refractivity contribution < 1.29 is 93.6 Å². The van der Waals surface area contributed by atoms with Gasteiger partial charge in [0.2, 0.25) is 23.9 Å². The maximum atomic E-state index is 13.9. The molecule has 0 aromatic rings. The Morgan fingerprint density at radius 1 is 0.440 bits per heavy atom. The lowest BCUT2D eigenvalue weighted by Crippen LogP contribution is -2.53. The number of hydrogen-bond donors (Lipinski definition) is 10. The quantitative estimate of drug-likeness (QED) is 0.0425. The number of aliphatic hydroxyl groups excluding tert-OH is 1. The molecule has 10 heterocycles. The van der Waals surface area contributed by atoms with Gasteiger partial charge in [-0.1, -0.05) is 200 Å². The van der Waals surface area contributed by atoms with Gasteiger partial charge in [0.1, 0.15) is 25.5 Å². The van der Waals surface area contributed by atoms with Crippen molar-refractivity contribution in [3.05, 3.63) is 0 Å². The Bertz CT molecular complexity index is 2860. The third kappa shape index (κ3) is 31.1. The molecule has 10 N–H and O–H groups in total. The van der Waals surface area contributed by atoms with Crippen LogP contribution in [0.15, 0.2) is 0 Å². The number of carbonyl (C=O) groups excluding carboxylic acids is 10. The highest BCUT2D eigenvalue weighted by molar-refractivity contribution is 5.88. The minimum absolute atomic E-state index is 0.00694. The molecule has 10 amide bonds. The van der Waals surface area contributed by atoms with E-state index < -0.39 is 65.6 Å². The number of urea groups is 1. The normalized spacial score (nSPS) is 32.6. The maximum Gasteiger partial charge on any atom is 0.407 e. The molecule has 0 radical (unpaired) electrons. The van der Waals surface area contributed by atoms with Crippen LogP contribution in [-0.4, -0.2) is 192 Å². The average Bonchev–Trinajstić information content (AvgIpc) is 1.64. The van der Waals surface area contributed by atoms with E-state index in [-0.39, 0.29) is 139 Å². The predicted molar refractivity (Wildman–Crippen MR) is 441 cm³/mol. The number of esters is 1. The number of ether oxygens (including phenoxy) is 3. The molecular weight excluding hydrogens is 1510 g/mol. The van der Waals surface area contributed by atoms with Crippen LogP contribution in [-0.2, 0) is 52.6 Å². The zero-order valence-electron chi connectivity index (χ0n) is 75.8. The van der Waals surface area contributed by atoms with Crippen LogP contribution < -0.4 is 47.9 Å². The fourth-order valence-electron chi connectivity index (χ4n) is 16.8. The van der Waals surface area contributed by atoms with Crippen LogP contribution in [0.4, 0.5) is 35.9 Å². The van der Waals surface area contributed by atoms with Gasteiger partial charge < -0.3 is 72.1 Å². The van der Waals surface area contributed by atoms with Crippen molar-refractivity contribution in [2.75, 3.05) is 19.9 Å². The van der Waals surface area contributed by atoms with Crippen molar-refractivity contribution in [2.45, 2.75) is 374 Å². The fourth-order valence-corrected chi connectivity index (χ4v) is 16.8. The Kier molecular flexibility index (Phi) is 47.2. The Morgan fingerprint density at radius 3 is 1.26 bits per heavy atom. The smallest absolute Gasteiger partial charge is 0.407 e. The van der Waals surface area contributed by atoms with Crippen molar-refractivity contribution in [3.63, 3.8) is 0 Å². The molecule has 0 bridgehead atoms. The highest BCUT2D eigenvalue weighted by Crippen LogP contribution is 2.40. The largest absolute Gasteiger partial charge is 0.460 e. The molecule has 24 nitrogen and oxygen atoms in total. The highest BCUT2D eigenvalue weighted by atomic mass is 19.3. The third-order valence-corrected chi connectivity index (χ3v) is 24.0. The van der Waals surface area contributed by atoms with Crippen LogP contribution in [0.5, 0.6) is 0 Å². The fraction of sp³-hybridized carbons (Fsp3) is 0.884. The van der Waals surface area contributed by atoms with E-state index in [2.05, 4.69) is 131 Å². The minimum atomic E-state index is -3.18. The number of carbonyl (C=O) groups is 10. The summed E-state index contributed by atoms with van der Waals surface area (Å²) in [5.41, 5.74) is -1.68. The van der Waals surface area contributed by atoms with Crippen molar-refractivity contribution >= 4 is 59.4 Å². The van der Waals surface area contributed by atoms with Crippen LogP contribution in [0.3, 0.4) is 0 Å². The lowest BCUT2D eigenvalue weighted by atomic mass is 9.82. The molecule has 0 aromatic heterocycles. The minimum Gasteiger partial charge on any atom is -0.460 e. The van der Waals surface area contributed by atoms with Gasteiger partial charge in [0.25, 0.3) is 23.6 Å². The zero-order chi connectivity index (χ0) is 89.6. The average molecular weight is 1670 g/mol. The molecular formula is C86H156F6N10O14. The molecule has 0 spiro atoms. The van der Waals surface area contributed by atoms with Gasteiger partial charge in [-0.25, -0.2) is 31.9 Å². The first-order valence-electron chi connectivity index (χ1n) is 43.4. The van der Waals surface area contributed by atoms with Crippen molar-refractivity contribution in [1.29, 1.82) is 0 Å². The third-order valence-electron chi connectivity index (χ3n) is 24.0. The highest BCUT2D eigenvalue weighted by Gasteiger charge is 2.57. The molecule has 10 aliphatic heterocycles. The summed E-state index contributed by atoms with van der Waals surface area (Å²) in [5.74, 6) is -3.38. The summed E-state index contributed by atoms with van der Waals surface area (Å²) in [4.78, 5) is 111. The molecule has 22 atom stereocenters. The van der Waals surface area contributed by atoms with Gasteiger partial charge in [0.05, 0.1) is 30.1 Å². The number of amides is 10. The van der Waals surface area contributed by atoms with E-state index in [0.29, 0.717) is 91.2 Å². The van der Waals surface area contributed by atoms with E-state index in [1.807, 2.05) is 104 Å². The number of nitrogens with zero attached hydrogens (tertiary/aromatic N) is 1. The van der Waals surface area contributed by atoms with Crippen LogP contribution >= 0.6 is 0 Å². The second-order valence-electron chi connectivity index (χ2n) is 36.0. The Hall–Kier alpha value is -6.20. The Morgan fingerprint density at radius 2 is 0.922 bits per heavy atom. The van der Waals surface area contributed by atoms with Crippen LogP contribution in [0, 0.1) is 94.7 Å². The number of morpholine rings is 1. The van der Waals surface area contributed by atoms with Gasteiger partial charge in [0, 0.05) is 79.3 Å². The molecule has 0 aromatic carbocycles. The van der Waals surface area contributed by atoms with Gasteiger partial charge in [-0.2, -0.15) is 8.78 Å². The monoisotopic (exact) mass is 1670 g/mol. The number of alkyl carbamates (subject to hydrolysis) is 1. The number of cyclic esters (lactones) is 2. The summed E-state index contributed by atoms with van der Waals surface area (Å²) in [5, 5.41) is 34.0. The standard InChI is InChI=1S/C10H18FNO2.C10H18FNO.C9H15F2NO.C9H16FNO.C9H15FO2.C9H17NO2.C9H17NO.C8H15NO2.C7H13NO.C6H12N2O/c1-4-7-8(11)10(14)12(5-13)9(7)6(2)3;1-5-7-8(6(2)3)12-9(13)10(7,4)11;1-4-6-7(5(2)3)12-8(13)9(6,10)11;1-4-6-7(10)9(12)11-8(6)5(2)3;1-4-6-7(10)9(11)12-8(6)5(2)3;1-4-7-9(6(2)3)10-8(11)5-12-7;1-4-7-5-8(11)10-9(7)6(2)3;1-4-6-7(5(2)3)9-8(10)11-6;1-5(2)6-3-4-7(9)8-6;1-4(2)5-3-7-6(9)8-5/h6-9,13H,4-5H2,1-3H3;6-8H,5H2,1-4H3,(H,12,13);5-7H,4H2,1-3H3,(H,12,13);5-8H,4H2,1-3H3,(H,11,12);5-8H,4H2,1-3H3;6-7,9H,4-5H2,1-3H3,(H,10,11);6-7,9H,4-5H2,1-3H3,(H,10,11);5-7H,4H2,1-3H3,(H,9,10);5-6H,3-4H2,1-2H3,(H,8,9);4-5H,3H2,1-2H3,(H2,7,8,9). The summed E-state index contributed by atoms with van der Waals surface area (Å²) in [6.45, 7) is 58.2. The first kappa shape index (κ1) is 108. The summed E-state index contributed by atoms with van der Waals surface area (Å²) >= 11 is 0. The first-order chi connectivity index (χ1) is 53.8. The number of halogens is 6. The predicted octanol–water partition coefficient (Wildman–Crippen LogP) is 13.6. The van der Waals surface area contributed by atoms with Crippen molar-refractivity contribution in [2.24, 2.45) is 94.7 Å². The Balaban J connectivity index is 0.000000646.